The maximum absolute atomic E-state index is 5.36. The summed E-state index contributed by atoms with van der Waals surface area (Å²) in [4.78, 5) is 0. The number of benzene rings is 1. The molecule has 0 aliphatic heterocycles. The van der Waals surface area contributed by atoms with Gasteiger partial charge >= 0.3 is 0 Å². The van der Waals surface area contributed by atoms with Gasteiger partial charge in [-0.25, -0.2) is 0 Å². The number of nitrogen functional groups attached to an aromatic ring is 1. The molecule has 1 unspecified atom stereocenters. The van der Waals surface area contributed by atoms with E-state index in [1.807, 2.05) is 44.2 Å². The summed E-state index contributed by atoms with van der Waals surface area (Å²) in [5.41, 5.74) is 6.18. The van der Waals surface area contributed by atoms with Crippen LogP contribution in [0.2, 0.25) is 0 Å². The van der Waals surface area contributed by atoms with Crippen LogP contribution in [0.25, 0.3) is 0 Å². The van der Waals surface area contributed by atoms with Crippen LogP contribution in [0.1, 0.15) is 13.8 Å². The third kappa shape index (κ3) is 12.1. The Morgan fingerprint density at radius 2 is 1.50 bits per heavy atom. The first-order chi connectivity index (χ1) is 5.81. The van der Waals surface area contributed by atoms with Crippen molar-refractivity contribution in [2.45, 2.75) is 13.8 Å². The predicted molar refractivity (Wildman–Crippen MR) is 58.9 cm³/mol. The summed E-state index contributed by atoms with van der Waals surface area (Å²) < 4.78 is 4.17. The molecule has 1 rings (SSSR count). The van der Waals surface area contributed by atoms with Gasteiger partial charge in [0.1, 0.15) is 0 Å². The van der Waals surface area contributed by atoms with E-state index in [0.717, 1.165) is 5.69 Å². The van der Waals surface area contributed by atoms with Crippen molar-refractivity contribution in [1.29, 1.82) is 0 Å². The fourth-order valence-corrected chi connectivity index (χ4v) is 0.453. The van der Waals surface area contributed by atoms with Crippen LogP contribution in [-0.2, 0) is 4.52 Å². The van der Waals surface area contributed by atoms with Crippen LogP contribution in [0.4, 0.5) is 5.69 Å². The van der Waals surface area contributed by atoms with E-state index >= 15 is 0 Å². The first-order valence-electron chi connectivity index (χ1n) is 3.84. The quantitative estimate of drug-likeness (QED) is 0.500. The molecular weight excluding hydrogens is 169 g/mol. The molecular formula is C9H18NOP. The standard InChI is InChI=1S/C6H7N.C2H6.CH5OP/c7-6-4-2-1-3-5-6;1-2;1-2-3/h1-5H,7H2;1-2H3;3H2,1H3. The first-order valence-corrected chi connectivity index (χ1v) is 4.31. The second kappa shape index (κ2) is 13.0. The molecule has 3 heteroatoms. The largest absolute Gasteiger partial charge is 0.399 e. The van der Waals surface area contributed by atoms with Crippen molar-refractivity contribution in [2.75, 3.05) is 12.8 Å². The molecule has 2 nitrogen and oxygen atoms in total. The highest BCUT2D eigenvalue weighted by Crippen LogP contribution is 1.95. The molecule has 0 aromatic heterocycles. The molecule has 1 aromatic rings. The van der Waals surface area contributed by atoms with Crippen molar-refractivity contribution < 1.29 is 4.52 Å². The molecule has 70 valence electrons. The summed E-state index contributed by atoms with van der Waals surface area (Å²) in [6, 6.07) is 9.49. The second-order valence-corrected chi connectivity index (χ2v) is 2.12. The van der Waals surface area contributed by atoms with Crippen molar-refractivity contribution in [3.8, 4) is 0 Å². The summed E-state index contributed by atoms with van der Waals surface area (Å²) >= 11 is 0. The van der Waals surface area contributed by atoms with E-state index in [0.29, 0.717) is 0 Å². The normalized spacial score (nSPS) is 7.00. The molecule has 0 saturated heterocycles. The zero-order valence-corrected chi connectivity index (χ0v) is 9.10. The van der Waals surface area contributed by atoms with Gasteiger partial charge in [0.25, 0.3) is 0 Å². The summed E-state index contributed by atoms with van der Waals surface area (Å²) in [6.45, 7) is 4.00. The lowest BCUT2D eigenvalue weighted by Gasteiger charge is -1.83. The maximum atomic E-state index is 5.36. The highest BCUT2D eigenvalue weighted by Gasteiger charge is 1.72. The molecule has 0 heterocycles. The lowest BCUT2D eigenvalue weighted by atomic mass is 10.3. The third-order valence-corrected chi connectivity index (χ3v) is 0.800. The van der Waals surface area contributed by atoms with Crippen LogP contribution in [-0.4, -0.2) is 7.11 Å². The summed E-state index contributed by atoms with van der Waals surface area (Å²) in [7, 11) is 3.67. The van der Waals surface area contributed by atoms with Gasteiger partial charge in [0.05, 0.1) is 0 Å². The van der Waals surface area contributed by atoms with Crippen LogP contribution in [0.3, 0.4) is 0 Å². The number of hydrogen-bond donors (Lipinski definition) is 1. The average molecular weight is 187 g/mol. The van der Waals surface area contributed by atoms with E-state index in [9.17, 15) is 0 Å². The van der Waals surface area contributed by atoms with Gasteiger partial charge < -0.3 is 10.3 Å². The molecule has 0 bridgehead atoms. The molecule has 0 fully saturated rings. The maximum Gasteiger partial charge on any atom is 0.0391 e. The first kappa shape index (κ1) is 14.0. The van der Waals surface area contributed by atoms with E-state index in [4.69, 9.17) is 5.73 Å². The van der Waals surface area contributed by atoms with Gasteiger partial charge in [-0.1, -0.05) is 32.0 Å². The van der Waals surface area contributed by atoms with Gasteiger partial charge in [-0.15, -0.1) is 0 Å². The minimum Gasteiger partial charge on any atom is -0.399 e. The van der Waals surface area contributed by atoms with Crippen molar-refractivity contribution in [3.63, 3.8) is 0 Å². The van der Waals surface area contributed by atoms with E-state index in [1.54, 1.807) is 7.11 Å². The molecule has 0 spiro atoms. The molecule has 0 saturated carbocycles. The molecule has 1 atom stereocenters. The summed E-state index contributed by atoms with van der Waals surface area (Å²) in [6.07, 6.45) is 0. The van der Waals surface area contributed by atoms with Gasteiger partial charge in [0.15, 0.2) is 0 Å². The van der Waals surface area contributed by atoms with Gasteiger partial charge in [-0.3, -0.25) is 0 Å². The van der Waals surface area contributed by atoms with Crippen molar-refractivity contribution in [1.82, 2.24) is 0 Å². The number of anilines is 1. The van der Waals surface area contributed by atoms with E-state index < -0.39 is 0 Å². The number of nitrogens with two attached hydrogens (primary N) is 1. The zero-order chi connectivity index (χ0) is 9.82. The zero-order valence-electron chi connectivity index (χ0n) is 7.95. The topological polar surface area (TPSA) is 35.2 Å². The molecule has 0 radical (unpaired) electrons. The Morgan fingerprint density at radius 1 is 1.17 bits per heavy atom. The fraction of sp³-hybridized carbons (Fsp3) is 0.333. The van der Waals surface area contributed by atoms with Crippen LogP contribution < -0.4 is 5.73 Å². The minimum absolute atomic E-state index is 0.822. The average Bonchev–Trinajstić information content (AvgIpc) is 2.11. The Kier molecular flexibility index (Phi) is 15.2. The Balaban J connectivity index is 0. The Bertz CT molecular complexity index is 156. The van der Waals surface area contributed by atoms with Gasteiger partial charge in [0, 0.05) is 12.8 Å². The molecule has 1 aromatic carbocycles. The molecule has 2 N–H and O–H groups in total. The third-order valence-electron chi connectivity index (χ3n) is 0.800. The highest BCUT2D eigenvalue weighted by molar-refractivity contribution is 7.09. The highest BCUT2D eigenvalue weighted by atomic mass is 31.0. The van der Waals surface area contributed by atoms with Crippen LogP contribution in [0, 0.1) is 0 Å². The lowest BCUT2D eigenvalue weighted by molar-refractivity contribution is 0.488. The molecule has 12 heavy (non-hydrogen) atoms. The van der Waals surface area contributed by atoms with Gasteiger partial charge in [-0.2, -0.15) is 0 Å². The van der Waals surface area contributed by atoms with E-state index in [-0.39, 0.29) is 0 Å². The Hall–Kier alpha value is -0.590. The van der Waals surface area contributed by atoms with Crippen LogP contribution >= 0.6 is 9.47 Å². The molecule has 0 amide bonds. The van der Waals surface area contributed by atoms with Crippen LogP contribution in [0.5, 0.6) is 0 Å². The minimum atomic E-state index is 0.822. The predicted octanol–water partition coefficient (Wildman–Crippen LogP) is 2.72. The number of para-hydroxylation sites is 1. The lowest BCUT2D eigenvalue weighted by Crippen LogP contribution is -1.79. The van der Waals surface area contributed by atoms with Crippen molar-refractivity contribution >= 4 is 15.2 Å². The smallest absolute Gasteiger partial charge is 0.0391 e. The van der Waals surface area contributed by atoms with Crippen molar-refractivity contribution in [2.24, 2.45) is 0 Å². The fourth-order valence-electron chi connectivity index (χ4n) is 0.453. The van der Waals surface area contributed by atoms with Crippen molar-refractivity contribution in [3.05, 3.63) is 30.3 Å². The monoisotopic (exact) mass is 187 g/mol. The van der Waals surface area contributed by atoms with Crippen LogP contribution in [0.15, 0.2) is 30.3 Å². The number of rotatable bonds is 0. The SMILES string of the molecule is CC.COP.Nc1ccccc1. The number of hydrogen-bond acceptors (Lipinski definition) is 2. The van der Waals surface area contributed by atoms with E-state index in [1.165, 1.54) is 0 Å². The summed E-state index contributed by atoms with van der Waals surface area (Å²) in [5, 5.41) is 0. The summed E-state index contributed by atoms with van der Waals surface area (Å²) in [5.74, 6) is 0. The Morgan fingerprint density at radius 3 is 1.67 bits per heavy atom. The molecule has 0 aliphatic carbocycles. The Labute approximate surface area is 77.4 Å². The van der Waals surface area contributed by atoms with Gasteiger partial charge in [-0.05, 0) is 21.6 Å². The van der Waals surface area contributed by atoms with Gasteiger partial charge in [0.2, 0.25) is 0 Å². The van der Waals surface area contributed by atoms with E-state index in [2.05, 4.69) is 14.0 Å². The second-order valence-electron chi connectivity index (χ2n) is 1.65. The molecule has 0 aliphatic rings.